The first-order chi connectivity index (χ1) is 26.8. The van der Waals surface area contributed by atoms with Gasteiger partial charge in [0.25, 0.3) is 0 Å². The van der Waals surface area contributed by atoms with Crippen LogP contribution < -0.4 is 0 Å². The Morgan fingerprint density at radius 2 is 0.833 bits per heavy atom. The minimum Gasteiger partial charge on any atom is -0.372 e. The topological polar surface area (TPSA) is 40.2 Å². The largest absolute Gasteiger partial charge is 0.372 e. The second-order valence-corrected chi connectivity index (χ2v) is 14.4. The molecule has 5 atom stereocenters. The van der Waals surface area contributed by atoms with Crippen molar-refractivity contribution in [3.8, 4) is 0 Å². The Hall–Kier alpha value is -4.88. The third-order valence-electron chi connectivity index (χ3n) is 11.0. The first-order valence-electron chi connectivity index (χ1n) is 19.3. The summed E-state index contributed by atoms with van der Waals surface area (Å²) in [5, 5.41) is 0. The molecular weight excluding hydrogens is 667 g/mol. The van der Waals surface area contributed by atoms with Gasteiger partial charge in [0.2, 0.25) is 0 Å². The Bertz CT molecular complexity index is 1880. The fourth-order valence-electron chi connectivity index (χ4n) is 8.38. The van der Waals surface area contributed by atoms with Crippen LogP contribution in [0.3, 0.4) is 0 Å². The highest BCUT2D eigenvalue weighted by Gasteiger charge is 2.53. The van der Waals surface area contributed by atoms with Gasteiger partial charge in [-0.05, 0) is 46.2 Å². The summed E-state index contributed by atoms with van der Waals surface area (Å²) in [4.78, 5) is 2.59. The van der Waals surface area contributed by atoms with E-state index >= 15 is 0 Å². The van der Waals surface area contributed by atoms with Crippen LogP contribution in [0.1, 0.15) is 46.2 Å². The molecule has 2 fully saturated rings. The molecule has 5 heteroatoms. The monoisotopic (exact) mass is 715 g/mol. The smallest absolute Gasteiger partial charge is 0.143 e. The summed E-state index contributed by atoms with van der Waals surface area (Å²) in [6.45, 7) is 2.83. The molecule has 274 valence electrons. The van der Waals surface area contributed by atoms with Gasteiger partial charge in [0.15, 0.2) is 0 Å². The van der Waals surface area contributed by atoms with E-state index in [1.54, 1.807) is 0 Å². The number of rotatable bonds is 15. The normalized spacial score (nSPS) is 21.4. The Morgan fingerprint density at radius 1 is 0.444 bits per heavy atom. The van der Waals surface area contributed by atoms with E-state index in [-0.39, 0.29) is 30.4 Å². The number of benzene rings is 6. The zero-order valence-corrected chi connectivity index (χ0v) is 30.7. The van der Waals surface area contributed by atoms with Gasteiger partial charge in [-0.1, -0.05) is 182 Å². The van der Waals surface area contributed by atoms with E-state index in [2.05, 4.69) is 175 Å². The molecule has 2 aliphatic heterocycles. The van der Waals surface area contributed by atoms with Crippen LogP contribution in [0.2, 0.25) is 0 Å². The molecular formula is C49H49NO4. The predicted octanol–water partition coefficient (Wildman–Crippen LogP) is 9.60. The van der Waals surface area contributed by atoms with Crippen LogP contribution in [-0.2, 0) is 44.4 Å². The molecule has 0 amide bonds. The van der Waals surface area contributed by atoms with Gasteiger partial charge in [-0.2, -0.15) is 0 Å². The number of nitrogens with zero attached hydrogens (tertiary/aromatic N) is 1. The SMILES string of the molecule is c1ccc(CO[C@H]2[C@@H]3[C@H](OCc4ccccc4)CC[C@@H](COC(c4ccccc4)(c4ccccc4)c4ccccc4)N3C[C@@H]2OCc2ccccc2)cc1. The molecule has 6 aromatic rings. The molecule has 5 nitrogen and oxygen atoms in total. The van der Waals surface area contributed by atoms with Crippen LogP contribution in [-0.4, -0.2) is 48.4 Å². The van der Waals surface area contributed by atoms with Crippen LogP contribution in [0.5, 0.6) is 0 Å². The second kappa shape index (κ2) is 17.5. The Balaban J connectivity index is 1.13. The lowest BCUT2D eigenvalue weighted by Crippen LogP contribution is -2.56. The summed E-state index contributed by atoms with van der Waals surface area (Å²) in [7, 11) is 0. The maximum Gasteiger partial charge on any atom is 0.143 e. The molecule has 54 heavy (non-hydrogen) atoms. The van der Waals surface area contributed by atoms with Crippen LogP contribution >= 0.6 is 0 Å². The predicted molar refractivity (Wildman–Crippen MR) is 214 cm³/mol. The van der Waals surface area contributed by atoms with Gasteiger partial charge in [-0.25, -0.2) is 0 Å². The van der Waals surface area contributed by atoms with Gasteiger partial charge in [0, 0.05) is 12.6 Å². The van der Waals surface area contributed by atoms with Gasteiger partial charge >= 0.3 is 0 Å². The zero-order chi connectivity index (χ0) is 36.4. The molecule has 0 spiro atoms. The maximum absolute atomic E-state index is 7.47. The number of piperidine rings is 1. The summed E-state index contributed by atoms with van der Waals surface area (Å²) in [6.07, 6.45) is 1.45. The van der Waals surface area contributed by atoms with Gasteiger partial charge < -0.3 is 18.9 Å². The van der Waals surface area contributed by atoms with Crippen molar-refractivity contribution < 1.29 is 18.9 Å². The molecule has 0 N–H and O–H groups in total. The summed E-state index contributed by atoms with van der Waals surface area (Å²) in [6, 6.07) is 63.4. The fourth-order valence-corrected chi connectivity index (χ4v) is 8.38. The molecule has 0 radical (unpaired) electrons. The molecule has 0 bridgehead atoms. The molecule has 0 aliphatic carbocycles. The van der Waals surface area contributed by atoms with Crippen LogP contribution in [0.15, 0.2) is 182 Å². The minimum absolute atomic E-state index is 0.0138. The van der Waals surface area contributed by atoms with Crippen LogP contribution in [0, 0.1) is 0 Å². The number of hydrogen-bond acceptors (Lipinski definition) is 5. The maximum atomic E-state index is 7.47. The fraction of sp³-hybridized carbons (Fsp3) is 0.265. The molecule has 0 aromatic heterocycles. The van der Waals surface area contributed by atoms with E-state index in [4.69, 9.17) is 18.9 Å². The van der Waals surface area contributed by atoms with Crippen molar-refractivity contribution in [3.05, 3.63) is 215 Å². The molecule has 2 saturated heterocycles. The summed E-state index contributed by atoms with van der Waals surface area (Å²) in [5.41, 5.74) is 5.99. The van der Waals surface area contributed by atoms with Crippen molar-refractivity contribution in [2.75, 3.05) is 13.2 Å². The first kappa shape index (κ1) is 36.1. The van der Waals surface area contributed by atoms with E-state index in [0.29, 0.717) is 26.4 Å². The van der Waals surface area contributed by atoms with Crippen molar-refractivity contribution >= 4 is 0 Å². The standard InChI is InChI=1S/C49H49NO4/c1-7-19-38(20-8-1)34-51-45-32-31-44(37-54-49(41-25-13-4-14-26-41,42-27-15-5-16-28-42)43-29-17-6-18-30-43)50-33-46(52-35-39-21-9-2-10-22-39)48(47(45)50)53-36-40-23-11-3-12-24-40/h1-30,44-48H,31-37H2/t44-,45+,46-,47-,48+/m0/s1. The lowest BCUT2D eigenvalue weighted by molar-refractivity contribution is -0.126. The highest BCUT2D eigenvalue weighted by Crippen LogP contribution is 2.43. The third-order valence-corrected chi connectivity index (χ3v) is 11.0. The highest BCUT2D eigenvalue weighted by atomic mass is 16.5. The van der Waals surface area contributed by atoms with Crippen molar-refractivity contribution in [2.45, 2.75) is 68.7 Å². The van der Waals surface area contributed by atoms with Crippen LogP contribution in [0.4, 0.5) is 0 Å². The van der Waals surface area contributed by atoms with E-state index in [9.17, 15) is 0 Å². The van der Waals surface area contributed by atoms with Gasteiger partial charge in [0.05, 0.1) is 44.7 Å². The zero-order valence-electron chi connectivity index (χ0n) is 30.7. The van der Waals surface area contributed by atoms with Crippen molar-refractivity contribution in [1.82, 2.24) is 4.90 Å². The lowest BCUT2D eigenvalue weighted by Gasteiger charge is -2.45. The number of hydrogen-bond donors (Lipinski definition) is 0. The average Bonchev–Trinajstić information content (AvgIpc) is 3.63. The van der Waals surface area contributed by atoms with E-state index in [1.165, 1.54) is 5.56 Å². The summed E-state index contributed by atoms with van der Waals surface area (Å²) < 4.78 is 28.1. The minimum atomic E-state index is -0.800. The second-order valence-electron chi connectivity index (χ2n) is 14.4. The van der Waals surface area contributed by atoms with E-state index in [0.717, 1.165) is 47.2 Å². The third kappa shape index (κ3) is 8.12. The Morgan fingerprint density at radius 3 is 1.28 bits per heavy atom. The molecule has 0 saturated carbocycles. The molecule has 0 unspecified atom stereocenters. The highest BCUT2D eigenvalue weighted by molar-refractivity contribution is 5.47. The molecule has 6 aromatic carbocycles. The average molecular weight is 716 g/mol. The van der Waals surface area contributed by atoms with Crippen LogP contribution in [0.25, 0.3) is 0 Å². The summed E-state index contributed by atoms with van der Waals surface area (Å²) in [5.74, 6) is 0. The van der Waals surface area contributed by atoms with Crippen molar-refractivity contribution in [2.24, 2.45) is 0 Å². The lowest BCUT2D eigenvalue weighted by atomic mass is 9.80. The van der Waals surface area contributed by atoms with Gasteiger partial charge in [0.1, 0.15) is 11.7 Å². The van der Waals surface area contributed by atoms with E-state index < -0.39 is 5.60 Å². The molecule has 2 heterocycles. The molecule has 8 rings (SSSR count). The summed E-state index contributed by atoms with van der Waals surface area (Å²) >= 11 is 0. The Kier molecular flexibility index (Phi) is 11.7. The molecule has 2 aliphatic rings. The van der Waals surface area contributed by atoms with Gasteiger partial charge in [-0.3, -0.25) is 4.90 Å². The van der Waals surface area contributed by atoms with Crippen molar-refractivity contribution in [1.29, 1.82) is 0 Å². The van der Waals surface area contributed by atoms with E-state index in [1.807, 2.05) is 12.1 Å². The number of ether oxygens (including phenoxy) is 4. The van der Waals surface area contributed by atoms with Gasteiger partial charge in [-0.15, -0.1) is 0 Å². The quantitative estimate of drug-likeness (QED) is 0.0991. The van der Waals surface area contributed by atoms with Crippen molar-refractivity contribution in [3.63, 3.8) is 0 Å². The Labute approximate surface area is 320 Å². The number of fused-ring (bicyclic) bond motifs is 1. The first-order valence-corrected chi connectivity index (χ1v) is 19.3.